The van der Waals surface area contributed by atoms with Gasteiger partial charge in [-0.15, -0.1) is 0 Å². The Labute approximate surface area is 206 Å². The number of fused-ring (bicyclic) bond motifs is 2. The maximum Gasteiger partial charge on any atom is 0.228 e. The highest BCUT2D eigenvalue weighted by atomic mass is 32.2. The first-order valence-corrected chi connectivity index (χ1v) is 14.4. The van der Waals surface area contributed by atoms with Crippen molar-refractivity contribution in [2.45, 2.75) is 91.8 Å². The molecule has 9 nitrogen and oxygen atoms in total. The van der Waals surface area contributed by atoms with Crippen LogP contribution in [-0.4, -0.2) is 54.0 Å². The normalized spacial score (nSPS) is 34.0. The van der Waals surface area contributed by atoms with Crippen LogP contribution in [0.15, 0.2) is 23.1 Å². The number of nitriles is 1. The molecule has 0 bridgehead atoms. The first kappa shape index (κ1) is 23.2. The summed E-state index contributed by atoms with van der Waals surface area (Å²) in [6, 6.07) is 7.47. The molecule has 10 heteroatoms. The number of anilines is 1. The average Bonchev–Trinajstić information content (AvgIpc) is 3.61. The summed E-state index contributed by atoms with van der Waals surface area (Å²) in [6.45, 7) is 0.611. The number of hydrogen-bond donors (Lipinski definition) is 4. The molecule has 4 N–H and O–H groups in total. The summed E-state index contributed by atoms with van der Waals surface area (Å²) in [5, 5.41) is 29.2. The van der Waals surface area contributed by atoms with E-state index >= 15 is 0 Å². The van der Waals surface area contributed by atoms with Gasteiger partial charge in [-0.3, -0.25) is 4.79 Å². The maximum absolute atomic E-state index is 13.4. The number of aliphatic hydroxyl groups is 1. The number of sulfone groups is 1. The molecule has 2 saturated heterocycles. The Morgan fingerprint density at radius 3 is 2.71 bits per heavy atom. The van der Waals surface area contributed by atoms with Crippen LogP contribution in [0, 0.1) is 23.2 Å². The van der Waals surface area contributed by atoms with Crippen LogP contribution >= 0.6 is 0 Å². The third kappa shape index (κ3) is 3.50. The molecule has 188 valence electrons. The molecular weight excluding hydrogens is 466 g/mol. The lowest BCUT2D eigenvalue weighted by Gasteiger charge is -2.35. The summed E-state index contributed by atoms with van der Waals surface area (Å²) in [4.78, 5) is 13.1. The van der Waals surface area contributed by atoms with Crippen molar-refractivity contribution in [3.63, 3.8) is 0 Å². The van der Waals surface area contributed by atoms with E-state index in [1.54, 1.807) is 18.2 Å². The van der Waals surface area contributed by atoms with Gasteiger partial charge in [-0.25, -0.2) is 18.9 Å². The van der Waals surface area contributed by atoms with Crippen LogP contribution in [0.1, 0.15) is 69.5 Å². The van der Waals surface area contributed by atoms with E-state index in [9.17, 15) is 23.6 Å². The number of carbonyl (C=O) groups is 1. The fourth-order valence-electron chi connectivity index (χ4n) is 6.99. The third-order valence-electron chi connectivity index (χ3n) is 8.93. The third-order valence-corrected chi connectivity index (χ3v) is 11.6. The van der Waals surface area contributed by atoms with Crippen molar-refractivity contribution in [3.8, 4) is 6.07 Å². The van der Waals surface area contributed by atoms with Gasteiger partial charge in [0, 0.05) is 29.9 Å². The lowest BCUT2D eigenvalue weighted by Crippen LogP contribution is -2.52. The minimum absolute atomic E-state index is 0.00824. The number of piperidine rings is 1. The Kier molecular flexibility index (Phi) is 5.60. The number of nitrogens with zero attached hydrogens (tertiary/aromatic N) is 2. The predicted octanol–water partition coefficient (Wildman–Crippen LogP) is 1.97. The van der Waals surface area contributed by atoms with Crippen molar-refractivity contribution in [2.24, 2.45) is 11.8 Å². The Bertz CT molecular complexity index is 1170. The molecule has 3 heterocycles. The Morgan fingerprint density at radius 1 is 1.23 bits per heavy atom. The second-order valence-corrected chi connectivity index (χ2v) is 13.1. The second kappa shape index (κ2) is 8.44. The molecule has 5 atom stereocenters. The largest absolute Gasteiger partial charge is 0.387 e. The molecule has 4 fully saturated rings. The van der Waals surface area contributed by atoms with E-state index in [-0.39, 0.29) is 28.8 Å². The molecule has 1 spiro atoms. The number of hydrogen-bond acceptors (Lipinski definition) is 8. The molecule has 0 aromatic heterocycles. The van der Waals surface area contributed by atoms with Gasteiger partial charge >= 0.3 is 0 Å². The fourth-order valence-corrected chi connectivity index (χ4v) is 9.40. The van der Waals surface area contributed by atoms with Gasteiger partial charge in [0.2, 0.25) is 5.91 Å². The number of aliphatic hydroxyl groups excluding tert-OH is 1. The SMILES string of the molecule is N#CC[C@@H](C1CC1)N1NC(Nc2ccc3c(c2)C(O)C2(CCCCC2)S3(=O)=O)C2C(=O)NCCC21. The monoisotopic (exact) mass is 499 g/mol. The quantitative estimate of drug-likeness (QED) is 0.483. The van der Waals surface area contributed by atoms with Crippen LogP contribution in [0.2, 0.25) is 0 Å². The van der Waals surface area contributed by atoms with Crippen LogP contribution in [0.5, 0.6) is 0 Å². The lowest BCUT2D eigenvalue weighted by atomic mass is 9.82. The number of carbonyl (C=O) groups excluding carboxylic acids is 1. The Morgan fingerprint density at radius 2 is 2.00 bits per heavy atom. The zero-order valence-corrected chi connectivity index (χ0v) is 20.6. The second-order valence-electron chi connectivity index (χ2n) is 10.9. The molecule has 5 aliphatic rings. The standard InChI is InChI=1S/C25H33N5O4S/c26-12-8-18(15-4-5-15)30-19-9-13-27-24(32)21(19)23(29-30)28-16-6-7-20-17(14-16)22(31)25(35(20,33)34)10-2-1-3-11-25/h6-7,14-15,18-19,21-23,28-29,31H,1-5,8-11,13H2,(H,27,32)/t18-,19?,21?,22?,23?/m0/s1. The van der Waals surface area contributed by atoms with Crippen molar-refractivity contribution in [2.75, 3.05) is 11.9 Å². The van der Waals surface area contributed by atoms with Gasteiger partial charge in [-0.2, -0.15) is 5.26 Å². The van der Waals surface area contributed by atoms with Crippen molar-refractivity contribution in [1.29, 1.82) is 5.26 Å². The lowest BCUT2D eigenvalue weighted by molar-refractivity contribution is -0.128. The van der Waals surface area contributed by atoms with Gasteiger partial charge in [0.15, 0.2) is 9.84 Å². The van der Waals surface area contributed by atoms with E-state index in [1.807, 2.05) is 0 Å². The highest BCUT2D eigenvalue weighted by molar-refractivity contribution is 7.93. The molecule has 6 rings (SSSR count). The van der Waals surface area contributed by atoms with Crippen molar-refractivity contribution in [1.82, 2.24) is 15.8 Å². The van der Waals surface area contributed by atoms with Gasteiger partial charge in [0.25, 0.3) is 0 Å². The molecule has 1 amide bonds. The Balaban J connectivity index is 1.29. The molecule has 35 heavy (non-hydrogen) atoms. The molecule has 2 aliphatic carbocycles. The topological polar surface area (TPSA) is 135 Å². The van der Waals surface area contributed by atoms with E-state index in [2.05, 4.69) is 27.1 Å². The minimum Gasteiger partial charge on any atom is -0.387 e. The average molecular weight is 500 g/mol. The van der Waals surface area contributed by atoms with Gasteiger partial charge in [-0.1, -0.05) is 19.3 Å². The van der Waals surface area contributed by atoms with Gasteiger partial charge < -0.3 is 15.7 Å². The first-order valence-electron chi connectivity index (χ1n) is 12.9. The number of amides is 1. The van der Waals surface area contributed by atoms with Crippen LogP contribution in [0.3, 0.4) is 0 Å². The van der Waals surface area contributed by atoms with E-state index < -0.39 is 26.9 Å². The zero-order valence-electron chi connectivity index (χ0n) is 19.7. The smallest absolute Gasteiger partial charge is 0.228 e. The van der Waals surface area contributed by atoms with Gasteiger partial charge in [0.1, 0.15) is 17.0 Å². The van der Waals surface area contributed by atoms with Crippen LogP contribution < -0.4 is 16.1 Å². The summed E-state index contributed by atoms with van der Waals surface area (Å²) in [6.07, 6.45) is 5.57. The summed E-state index contributed by atoms with van der Waals surface area (Å²) >= 11 is 0. The predicted molar refractivity (Wildman–Crippen MR) is 128 cm³/mol. The van der Waals surface area contributed by atoms with Crippen LogP contribution in [-0.2, 0) is 14.6 Å². The van der Waals surface area contributed by atoms with Gasteiger partial charge in [-0.05, 0) is 56.2 Å². The first-order chi connectivity index (χ1) is 16.9. The molecule has 2 saturated carbocycles. The summed E-state index contributed by atoms with van der Waals surface area (Å²) < 4.78 is 25.7. The zero-order chi connectivity index (χ0) is 24.4. The van der Waals surface area contributed by atoms with Crippen molar-refractivity contribution >= 4 is 21.4 Å². The van der Waals surface area contributed by atoms with Crippen molar-refractivity contribution < 1.29 is 18.3 Å². The van der Waals surface area contributed by atoms with E-state index in [0.29, 0.717) is 43.0 Å². The summed E-state index contributed by atoms with van der Waals surface area (Å²) in [5.74, 6) is 0.110. The molecule has 1 aromatic carbocycles. The van der Waals surface area contributed by atoms with Crippen LogP contribution in [0.25, 0.3) is 0 Å². The molecule has 0 radical (unpaired) electrons. The highest BCUT2D eigenvalue weighted by Gasteiger charge is 2.58. The maximum atomic E-state index is 13.4. The molecule has 3 aliphatic heterocycles. The van der Waals surface area contributed by atoms with Gasteiger partial charge in [0.05, 0.1) is 23.3 Å². The van der Waals surface area contributed by atoms with Crippen LogP contribution in [0.4, 0.5) is 5.69 Å². The summed E-state index contributed by atoms with van der Waals surface area (Å²) in [7, 11) is -3.62. The number of hydrazine groups is 1. The minimum atomic E-state index is -3.62. The number of nitrogens with one attached hydrogen (secondary N) is 3. The molecule has 4 unspecified atom stereocenters. The van der Waals surface area contributed by atoms with E-state index in [1.165, 1.54) is 0 Å². The molecule has 1 aromatic rings. The fraction of sp³-hybridized carbons (Fsp3) is 0.680. The molecular formula is C25H33N5O4S. The van der Waals surface area contributed by atoms with E-state index in [0.717, 1.165) is 38.5 Å². The van der Waals surface area contributed by atoms with E-state index in [4.69, 9.17) is 0 Å². The Hall–Kier alpha value is -2.19. The van der Waals surface area contributed by atoms with Crippen molar-refractivity contribution in [3.05, 3.63) is 23.8 Å². The number of benzene rings is 1. The number of rotatable bonds is 5. The summed E-state index contributed by atoms with van der Waals surface area (Å²) in [5.41, 5.74) is 4.63. The highest BCUT2D eigenvalue weighted by Crippen LogP contribution is 2.54.